The molecular formula is C11H13ClO3. The van der Waals surface area contributed by atoms with Crippen molar-refractivity contribution in [3.63, 3.8) is 0 Å². The molecular weight excluding hydrogens is 216 g/mol. The highest BCUT2D eigenvalue weighted by Gasteiger charge is 2.14. The van der Waals surface area contributed by atoms with Crippen LogP contribution in [0.5, 0.6) is 5.75 Å². The maximum Gasteiger partial charge on any atom is 0.310 e. The molecule has 4 heteroatoms. The number of benzene rings is 1. The van der Waals surface area contributed by atoms with Crippen LogP contribution in [0, 0.1) is 0 Å². The summed E-state index contributed by atoms with van der Waals surface area (Å²) in [4.78, 5) is 10.7. The Hall–Kier alpha value is -1.22. The fourth-order valence-corrected chi connectivity index (χ4v) is 1.45. The molecule has 0 saturated carbocycles. The zero-order valence-electron chi connectivity index (χ0n) is 8.66. The van der Waals surface area contributed by atoms with E-state index in [9.17, 15) is 4.79 Å². The van der Waals surface area contributed by atoms with Gasteiger partial charge in [0, 0.05) is 0 Å². The lowest BCUT2D eigenvalue weighted by Crippen LogP contribution is -2.07. The first-order chi connectivity index (χ1) is 7.06. The molecule has 1 aromatic carbocycles. The Morgan fingerprint density at radius 2 is 2.27 bits per heavy atom. The van der Waals surface area contributed by atoms with E-state index in [4.69, 9.17) is 21.4 Å². The van der Waals surface area contributed by atoms with Crippen molar-refractivity contribution in [3.8, 4) is 5.75 Å². The topological polar surface area (TPSA) is 46.5 Å². The number of hydrogen-bond acceptors (Lipinski definition) is 2. The highest BCUT2D eigenvalue weighted by molar-refractivity contribution is 6.32. The maximum absolute atomic E-state index is 10.7. The highest BCUT2D eigenvalue weighted by atomic mass is 35.5. The summed E-state index contributed by atoms with van der Waals surface area (Å²) in [7, 11) is 0. The van der Waals surface area contributed by atoms with Crippen LogP contribution < -0.4 is 4.74 Å². The summed E-state index contributed by atoms with van der Waals surface area (Å²) < 4.78 is 5.25. The summed E-state index contributed by atoms with van der Waals surface area (Å²) in [5, 5.41) is 9.27. The quantitative estimate of drug-likeness (QED) is 0.862. The number of carboxylic acids is 1. The summed E-state index contributed by atoms with van der Waals surface area (Å²) in [6.07, 6.45) is 0. The van der Waals surface area contributed by atoms with Crippen LogP contribution in [0.1, 0.15) is 25.3 Å². The minimum atomic E-state index is -0.866. The summed E-state index contributed by atoms with van der Waals surface area (Å²) in [5.74, 6) is -0.839. The third-order valence-electron chi connectivity index (χ3n) is 2.13. The number of carbonyl (C=O) groups is 1. The van der Waals surface area contributed by atoms with Gasteiger partial charge < -0.3 is 9.84 Å². The minimum Gasteiger partial charge on any atom is -0.492 e. The lowest BCUT2D eigenvalue weighted by Gasteiger charge is -2.10. The number of carboxylic acid groups (broad SMARTS) is 1. The van der Waals surface area contributed by atoms with Gasteiger partial charge in [-0.05, 0) is 31.5 Å². The molecule has 1 unspecified atom stereocenters. The monoisotopic (exact) mass is 228 g/mol. The number of ether oxygens (including phenoxy) is 1. The van der Waals surface area contributed by atoms with E-state index in [-0.39, 0.29) is 0 Å². The standard InChI is InChI=1S/C11H13ClO3/c1-3-15-10-5-4-8(6-9(10)12)7(2)11(13)14/h4-7H,3H2,1-2H3,(H,13,14). The van der Waals surface area contributed by atoms with Crippen LogP contribution in [0.3, 0.4) is 0 Å². The fraction of sp³-hybridized carbons (Fsp3) is 0.364. The van der Waals surface area contributed by atoms with Crippen LogP contribution in [-0.2, 0) is 4.79 Å². The fourth-order valence-electron chi connectivity index (χ4n) is 1.20. The molecule has 1 aromatic rings. The number of aliphatic carboxylic acids is 1. The maximum atomic E-state index is 10.7. The molecule has 1 rings (SSSR count). The molecule has 82 valence electrons. The number of halogens is 1. The Labute approximate surface area is 93.6 Å². The van der Waals surface area contributed by atoms with Crippen LogP contribution >= 0.6 is 11.6 Å². The largest absolute Gasteiger partial charge is 0.492 e. The molecule has 0 amide bonds. The van der Waals surface area contributed by atoms with Crippen LogP contribution in [0.4, 0.5) is 0 Å². The van der Waals surface area contributed by atoms with Crippen molar-refractivity contribution in [2.24, 2.45) is 0 Å². The summed E-state index contributed by atoms with van der Waals surface area (Å²) in [6, 6.07) is 5.04. The summed E-state index contributed by atoms with van der Waals surface area (Å²) in [6.45, 7) is 4.02. The smallest absolute Gasteiger partial charge is 0.310 e. The average Bonchev–Trinajstić information content (AvgIpc) is 2.20. The van der Waals surface area contributed by atoms with Crippen molar-refractivity contribution >= 4 is 17.6 Å². The second kappa shape index (κ2) is 5.03. The molecule has 15 heavy (non-hydrogen) atoms. The highest BCUT2D eigenvalue weighted by Crippen LogP contribution is 2.28. The molecule has 0 aliphatic carbocycles. The second-order valence-electron chi connectivity index (χ2n) is 3.18. The van der Waals surface area contributed by atoms with Gasteiger partial charge >= 0.3 is 5.97 Å². The van der Waals surface area contributed by atoms with E-state index in [0.29, 0.717) is 22.9 Å². The van der Waals surface area contributed by atoms with Gasteiger partial charge in [-0.15, -0.1) is 0 Å². The molecule has 0 heterocycles. The summed E-state index contributed by atoms with van der Waals surface area (Å²) >= 11 is 5.94. The Kier molecular flexibility index (Phi) is 3.97. The molecule has 1 atom stereocenters. The zero-order valence-corrected chi connectivity index (χ0v) is 9.41. The van der Waals surface area contributed by atoms with E-state index >= 15 is 0 Å². The predicted octanol–water partition coefficient (Wildman–Crippen LogP) is 2.93. The van der Waals surface area contributed by atoms with E-state index in [1.54, 1.807) is 25.1 Å². The SMILES string of the molecule is CCOc1ccc(C(C)C(=O)O)cc1Cl. The van der Waals surface area contributed by atoms with Gasteiger partial charge in [-0.25, -0.2) is 0 Å². The Morgan fingerprint density at radius 3 is 2.73 bits per heavy atom. The van der Waals surface area contributed by atoms with Gasteiger partial charge in [-0.3, -0.25) is 4.79 Å². The molecule has 0 spiro atoms. The third kappa shape index (κ3) is 2.86. The van der Waals surface area contributed by atoms with Crippen molar-refractivity contribution in [2.75, 3.05) is 6.61 Å². The molecule has 0 radical (unpaired) electrons. The van der Waals surface area contributed by atoms with Crippen molar-refractivity contribution in [3.05, 3.63) is 28.8 Å². The summed E-state index contributed by atoms with van der Waals surface area (Å²) in [5.41, 5.74) is 0.677. The van der Waals surface area contributed by atoms with Gasteiger partial charge in [0.15, 0.2) is 0 Å². The molecule has 0 saturated heterocycles. The molecule has 0 aromatic heterocycles. The number of hydrogen-bond donors (Lipinski definition) is 1. The average molecular weight is 229 g/mol. The van der Waals surface area contributed by atoms with Gasteiger partial charge in [-0.1, -0.05) is 17.7 Å². The van der Waals surface area contributed by atoms with E-state index < -0.39 is 11.9 Å². The van der Waals surface area contributed by atoms with Gasteiger partial charge in [0.2, 0.25) is 0 Å². The molecule has 0 aliphatic heterocycles. The first kappa shape index (κ1) is 11.9. The molecule has 0 aliphatic rings. The van der Waals surface area contributed by atoms with Crippen LogP contribution in [-0.4, -0.2) is 17.7 Å². The van der Waals surface area contributed by atoms with Crippen LogP contribution in [0.25, 0.3) is 0 Å². The van der Waals surface area contributed by atoms with E-state index in [1.165, 1.54) is 0 Å². The Balaban J connectivity index is 2.95. The van der Waals surface area contributed by atoms with Gasteiger partial charge in [0.25, 0.3) is 0 Å². The predicted molar refractivity (Wildman–Crippen MR) is 58.7 cm³/mol. The second-order valence-corrected chi connectivity index (χ2v) is 3.59. The minimum absolute atomic E-state index is 0.447. The first-order valence-corrected chi connectivity index (χ1v) is 5.09. The zero-order chi connectivity index (χ0) is 11.4. The normalized spacial score (nSPS) is 12.2. The third-order valence-corrected chi connectivity index (χ3v) is 2.42. The molecule has 0 bridgehead atoms. The van der Waals surface area contributed by atoms with Gasteiger partial charge in [0.1, 0.15) is 5.75 Å². The lowest BCUT2D eigenvalue weighted by molar-refractivity contribution is -0.138. The van der Waals surface area contributed by atoms with E-state index in [2.05, 4.69) is 0 Å². The van der Waals surface area contributed by atoms with Gasteiger partial charge in [-0.2, -0.15) is 0 Å². The molecule has 1 N–H and O–H groups in total. The van der Waals surface area contributed by atoms with E-state index in [1.807, 2.05) is 6.92 Å². The van der Waals surface area contributed by atoms with Crippen molar-refractivity contribution in [2.45, 2.75) is 19.8 Å². The molecule has 0 fully saturated rings. The van der Waals surface area contributed by atoms with Gasteiger partial charge in [0.05, 0.1) is 17.5 Å². The van der Waals surface area contributed by atoms with Crippen LogP contribution in [0.15, 0.2) is 18.2 Å². The van der Waals surface area contributed by atoms with E-state index in [0.717, 1.165) is 0 Å². The lowest BCUT2D eigenvalue weighted by atomic mass is 10.0. The Morgan fingerprint density at radius 1 is 1.60 bits per heavy atom. The first-order valence-electron chi connectivity index (χ1n) is 4.71. The van der Waals surface area contributed by atoms with Crippen LogP contribution in [0.2, 0.25) is 5.02 Å². The molecule has 3 nitrogen and oxygen atoms in total. The number of rotatable bonds is 4. The van der Waals surface area contributed by atoms with Crippen molar-refractivity contribution in [1.82, 2.24) is 0 Å². The van der Waals surface area contributed by atoms with Crippen molar-refractivity contribution in [1.29, 1.82) is 0 Å². The van der Waals surface area contributed by atoms with Crippen molar-refractivity contribution < 1.29 is 14.6 Å². The Bertz CT molecular complexity index is 363.